The van der Waals surface area contributed by atoms with Crippen molar-refractivity contribution in [3.63, 3.8) is 0 Å². The largest absolute Gasteiger partial charge is 0.466 e. The van der Waals surface area contributed by atoms with Crippen LogP contribution in [0, 0.1) is 0 Å². The van der Waals surface area contributed by atoms with E-state index in [0.717, 1.165) is 0 Å². The average Bonchev–Trinajstić information content (AvgIpc) is 3.06. The highest BCUT2D eigenvalue weighted by molar-refractivity contribution is 7.45. The van der Waals surface area contributed by atoms with Crippen molar-refractivity contribution in [1.82, 2.24) is 14.6 Å². The molecule has 2 aromatic rings. The molecule has 0 bridgehead atoms. The molecule has 1 saturated heterocycles. The third-order valence-electron chi connectivity index (χ3n) is 3.67. The fourth-order valence-corrected chi connectivity index (χ4v) is 2.57. The number of hydrogen-bond acceptors (Lipinski definition) is 8. The van der Waals surface area contributed by atoms with Gasteiger partial charge in [-0.2, -0.15) is 5.10 Å². The number of aromatic nitrogens is 3. The molecule has 22 heteroatoms. The smallest absolute Gasteiger partial charge is 0.387 e. The highest BCUT2D eigenvalue weighted by Crippen LogP contribution is 2.44. The number of halogens is 1. The van der Waals surface area contributed by atoms with Gasteiger partial charge >= 0.3 is 23.5 Å². The molecule has 12 N–H and O–H groups in total. The fourth-order valence-electron chi connectivity index (χ4n) is 2.57. The SMILES string of the molecule is C[C@H]1O[C@@H](c2ccc3c(N)ncnn23)[C@](C)(F)[C@@H]1O.O=P(O)(O)O.O=P(O)(O)O.O=P(O)(O)O. The molecule has 0 unspecified atom stereocenters. The average molecular weight is 560 g/mol. The van der Waals surface area contributed by atoms with Gasteiger partial charge in [-0.05, 0) is 26.0 Å². The van der Waals surface area contributed by atoms with Crippen molar-refractivity contribution >= 4 is 34.8 Å². The number of alkyl halides is 1. The number of anilines is 1. The van der Waals surface area contributed by atoms with E-state index in [1.54, 1.807) is 19.1 Å². The molecule has 3 rings (SSSR count). The number of hydrogen-bond donors (Lipinski definition) is 11. The van der Waals surface area contributed by atoms with Crippen LogP contribution >= 0.6 is 23.5 Å². The van der Waals surface area contributed by atoms with Crippen LogP contribution in [0.25, 0.3) is 5.52 Å². The number of nitrogen functional groups attached to an aromatic ring is 1. The number of ether oxygens (including phenoxy) is 1. The fraction of sp³-hybridized carbons (Fsp3) is 0.500. The van der Waals surface area contributed by atoms with Crippen LogP contribution in [0.15, 0.2) is 18.5 Å². The molecule has 0 spiro atoms. The van der Waals surface area contributed by atoms with E-state index >= 15 is 0 Å². The molecule has 3 heterocycles. The predicted octanol–water partition coefficient (Wildman–Crippen LogP) is -1.93. The lowest BCUT2D eigenvalue weighted by Crippen LogP contribution is -2.37. The zero-order chi connectivity index (χ0) is 27.3. The number of rotatable bonds is 1. The second-order valence-electron chi connectivity index (χ2n) is 6.56. The molecule has 1 aliphatic rings. The first kappa shape index (κ1) is 32.6. The summed E-state index contributed by atoms with van der Waals surface area (Å²) in [5, 5.41) is 13.9. The van der Waals surface area contributed by atoms with Gasteiger partial charge in [0, 0.05) is 0 Å². The highest BCUT2D eigenvalue weighted by Gasteiger charge is 2.53. The lowest BCUT2D eigenvalue weighted by molar-refractivity contribution is -0.0000496. The van der Waals surface area contributed by atoms with Gasteiger partial charge in [-0.15, -0.1) is 0 Å². The van der Waals surface area contributed by atoms with Crippen molar-refractivity contribution in [1.29, 1.82) is 0 Å². The molecular formula is C12H24FN4O14P3. The molecule has 0 aromatic carbocycles. The van der Waals surface area contributed by atoms with Gasteiger partial charge in [0.2, 0.25) is 0 Å². The first-order valence-electron chi connectivity index (χ1n) is 8.38. The number of aliphatic hydroxyl groups is 1. The van der Waals surface area contributed by atoms with E-state index in [0.29, 0.717) is 17.0 Å². The summed E-state index contributed by atoms with van der Waals surface area (Å²) >= 11 is 0. The van der Waals surface area contributed by atoms with Gasteiger partial charge in [-0.3, -0.25) is 0 Å². The Morgan fingerprint density at radius 2 is 1.41 bits per heavy atom. The topological polar surface area (TPSA) is 319 Å². The molecule has 4 atom stereocenters. The lowest BCUT2D eigenvalue weighted by atomic mass is 9.93. The molecule has 0 radical (unpaired) electrons. The summed E-state index contributed by atoms with van der Waals surface area (Å²) in [5.74, 6) is 0.313. The number of phosphoric acid groups is 3. The second kappa shape index (κ2) is 12.0. The zero-order valence-electron chi connectivity index (χ0n) is 17.2. The number of nitrogens with zero attached hydrogens (tertiary/aromatic N) is 3. The Bertz CT molecular complexity index is 1010. The molecule has 0 amide bonds. The van der Waals surface area contributed by atoms with Gasteiger partial charge in [0.15, 0.2) is 11.5 Å². The van der Waals surface area contributed by atoms with E-state index in [9.17, 15) is 9.50 Å². The standard InChI is InChI=1S/C12H15FN4O2.3H3O4P/c1-6-9(18)12(2,13)10(19-6)7-3-4-8-11(14)15-5-16-17(7)8;3*1-5(2,3)4/h3-6,9-10,18H,1-2H3,(H2,14,15,16);3*(H3,1,2,3,4)/t6-,9-,10+,12-;;;/m1.../s1. The third kappa shape index (κ3) is 12.9. The van der Waals surface area contributed by atoms with Crippen LogP contribution in [-0.2, 0) is 18.4 Å². The van der Waals surface area contributed by atoms with Gasteiger partial charge in [0.1, 0.15) is 24.1 Å². The third-order valence-corrected chi connectivity index (χ3v) is 3.67. The molecule has 198 valence electrons. The van der Waals surface area contributed by atoms with Crippen LogP contribution in [-0.4, -0.2) is 81.6 Å². The minimum atomic E-state index is -4.64. The van der Waals surface area contributed by atoms with E-state index in [-0.39, 0.29) is 0 Å². The molecule has 1 aliphatic heterocycles. The number of fused-ring (bicyclic) bond motifs is 1. The Morgan fingerprint density at radius 1 is 1.00 bits per heavy atom. The molecule has 34 heavy (non-hydrogen) atoms. The van der Waals surface area contributed by atoms with Crippen molar-refractivity contribution in [2.24, 2.45) is 0 Å². The Morgan fingerprint density at radius 3 is 1.76 bits per heavy atom. The van der Waals surface area contributed by atoms with Crippen LogP contribution in [0.4, 0.5) is 10.2 Å². The van der Waals surface area contributed by atoms with Crippen LogP contribution in [0.3, 0.4) is 0 Å². The molecule has 1 fully saturated rings. The second-order valence-corrected chi connectivity index (χ2v) is 9.64. The maximum Gasteiger partial charge on any atom is 0.466 e. The maximum atomic E-state index is 14.6. The van der Waals surface area contributed by atoms with Crippen LogP contribution in [0.5, 0.6) is 0 Å². The predicted molar refractivity (Wildman–Crippen MR) is 109 cm³/mol. The van der Waals surface area contributed by atoms with E-state index in [1.807, 2.05) is 0 Å². The number of nitrogens with two attached hydrogens (primary N) is 1. The summed E-state index contributed by atoms with van der Waals surface area (Å²) < 4.78 is 48.3. The number of aliphatic hydroxyl groups excluding tert-OH is 1. The summed E-state index contributed by atoms with van der Waals surface area (Å²) in [6.45, 7) is 2.97. The van der Waals surface area contributed by atoms with E-state index < -0.39 is 47.4 Å². The van der Waals surface area contributed by atoms with Crippen molar-refractivity contribution in [2.75, 3.05) is 5.73 Å². The van der Waals surface area contributed by atoms with Crippen LogP contribution < -0.4 is 5.73 Å². The van der Waals surface area contributed by atoms with Crippen molar-refractivity contribution in [3.8, 4) is 0 Å². The normalized spacial score (nSPS) is 24.8. The van der Waals surface area contributed by atoms with Gasteiger partial charge in [-0.1, -0.05) is 0 Å². The van der Waals surface area contributed by atoms with Crippen LogP contribution in [0.1, 0.15) is 25.6 Å². The summed E-state index contributed by atoms with van der Waals surface area (Å²) in [6.07, 6.45) is -1.35. The minimum Gasteiger partial charge on any atom is -0.387 e. The molecule has 0 saturated carbocycles. The summed E-state index contributed by atoms with van der Waals surface area (Å²) in [6, 6.07) is 3.40. The first-order valence-corrected chi connectivity index (χ1v) is 13.1. The Balaban J connectivity index is 0.000000599. The van der Waals surface area contributed by atoms with Crippen molar-refractivity contribution in [2.45, 2.75) is 37.8 Å². The minimum absolute atomic E-state index is 0.313. The van der Waals surface area contributed by atoms with Crippen molar-refractivity contribution < 1.29 is 72.0 Å². The van der Waals surface area contributed by atoms with Gasteiger partial charge in [0.25, 0.3) is 0 Å². The van der Waals surface area contributed by atoms with Gasteiger partial charge in [-0.25, -0.2) is 27.6 Å². The Labute approximate surface area is 189 Å². The Kier molecular flexibility index (Phi) is 11.5. The summed E-state index contributed by atoms with van der Waals surface area (Å²) in [5.41, 5.74) is 4.95. The maximum absolute atomic E-state index is 14.6. The highest BCUT2D eigenvalue weighted by atomic mass is 31.2. The molecule has 0 aliphatic carbocycles. The summed E-state index contributed by atoms with van der Waals surface area (Å²) in [7, 11) is -13.9. The van der Waals surface area contributed by atoms with E-state index in [1.165, 1.54) is 17.8 Å². The Hall–Kier alpha value is -1.40. The molecule has 18 nitrogen and oxygen atoms in total. The zero-order valence-corrected chi connectivity index (χ0v) is 19.9. The lowest BCUT2D eigenvalue weighted by Gasteiger charge is -2.23. The van der Waals surface area contributed by atoms with Gasteiger partial charge in [0.05, 0.1) is 11.8 Å². The van der Waals surface area contributed by atoms with E-state index in [2.05, 4.69) is 10.1 Å². The monoisotopic (exact) mass is 560 g/mol. The van der Waals surface area contributed by atoms with Crippen molar-refractivity contribution in [3.05, 3.63) is 24.2 Å². The quantitative estimate of drug-likeness (QED) is 0.169. The molecule has 2 aromatic heterocycles. The van der Waals surface area contributed by atoms with E-state index in [4.69, 9.17) is 68.2 Å². The van der Waals surface area contributed by atoms with Crippen LogP contribution in [0.2, 0.25) is 0 Å². The molecular weight excluding hydrogens is 536 g/mol. The first-order chi connectivity index (χ1) is 14.9. The summed E-state index contributed by atoms with van der Waals surface area (Å²) in [4.78, 5) is 68.6. The van der Waals surface area contributed by atoms with Gasteiger partial charge < -0.3 is 59.6 Å².